The number of benzene rings is 1. The van der Waals surface area contributed by atoms with E-state index in [9.17, 15) is 18.0 Å². The van der Waals surface area contributed by atoms with Crippen LogP contribution >= 0.6 is 0 Å². The van der Waals surface area contributed by atoms with Gasteiger partial charge in [0.15, 0.2) is 12.4 Å². The number of rotatable bonds is 3. The zero-order valence-corrected chi connectivity index (χ0v) is 17.0. The molecule has 6 nitrogen and oxygen atoms in total. The molecule has 0 spiro atoms. The van der Waals surface area contributed by atoms with E-state index in [0.717, 1.165) is 6.20 Å². The van der Waals surface area contributed by atoms with E-state index in [2.05, 4.69) is 15.6 Å². The Morgan fingerprint density at radius 1 is 1.29 bits per heavy atom. The van der Waals surface area contributed by atoms with Gasteiger partial charge in [-0.15, -0.1) is 0 Å². The fourth-order valence-corrected chi connectivity index (χ4v) is 4.08. The van der Waals surface area contributed by atoms with Crippen molar-refractivity contribution < 1.29 is 17.9 Å². The lowest BCUT2D eigenvalue weighted by Crippen LogP contribution is -2.44. The summed E-state index contributed by atoms with van der Waals surface area (Å²) in [4.78, 5) is 16.7. The number of ether oxygens (including phenoxy) is 1. The number of alkyl halides is 2. The number of aromatic nitrogens is 2. The summed E-state index contributed by atoms with van der Waals surface area (Å²) < 4.78 is 50.3. The molecule has 31 heavy (non-hydrogen) atoms. The number of fused-ring (bicyclic) bond motifs is 3. The van der Waals surface area contributed by atoms with Gasteiger partial charge in [-0.2, -0.15) is 0 Å². The van der Waals surface area contributed by atoms with E-state index in [1.165, 1.54) is 4.57 Å². The van der Waals surface area contributed by atoms with Crippen molar-refractivity contribution in [2.24, 2.45) is 13.0 Å². The predicted molar refractivity (Wildman–Crippen MR) is 112 cm³/mol. The summed E-state index contributed by atoms with van der Waals surface area (Å²) in [5.41, 5.74) is 1.75. The Morgan fingerprint density at radius 2 is 2.06 bits per heavy atom. The fourth-order valence-electron chi connectivity index (χ4n) is 4.08. The topological polar surface area (TPSA) is 68.2 Å². The van der Waals surface area contributed by atoms with Gasteiger partial charge in [0.25, 0.3) is 5.56 Å². The van der Waals surface area contributed by atoms with Crippen LogP contribution in [0.25, 0.3) is 10.9 Å². The molecule has 162 valence electrons. The molecule has 1 atom stereocenters. The van der Waals surface area contributed by atoms with E-state index in [4.69, 9.17) is 4.74 Å². The van der Waals surface area contributed by atoms with Crippen LogP contribution in [-0.4, -0.2) is 28.1 Å². The van der Waals surface area contributed by atoms with Crippen LogP contribution in [-0.2, 0) is 7.05 Å². The van der Waals surface area contributed by atoms with Gasteiger partial charge in [0.2, 0.25) is 5.75 Å². The Kier molecular flexibility index (Phi) is 4.39. The van der Waals surface area contributed by atoms with Gasteiger partial charge in [0, 0.05) is 23.8 Å². The Balaban J connectivity index is 1.65. The molecule has 0 saturated heterocycles. The van der Waals surface area contributed by atoms with Gasteiger partial charge in [0.1, 0.15) is 0 Å². The number of aryl methyl sites for hydroxylation is 2. The van der Waals surface area contributed by atoms with Crippen molar-refractivity contribution in [2.75, 3.05) is 17.2 Å². The lowest BCUT2D eigenvalue weighted by Gasteiger charge is -2.25. The molecule has 0 unspecified atom stereocenters. The third-order valence-corrected chi connectivity index (χ3v) is 5.88. The smallest absolute Gasteiger partial charge is 0.301 e. The quantitative estimate of drug-likeness (QED) is 0.647. The third kappa shape index (κ3) is 3.37. The van der Waals surface area contributed by atoms with Crippen LogP contribution in [0.3, 0.4) is 0 Å². The minimum absolute atomic E-state index is 0.124. The maximum atomic E-state index is 14.7. The van der Waals surface area contributed by atoms with Crippen molar-refractivity contribution in [1.29, 1.82) is 0 Å². The first-order chi connectivity index (χ1) is 14.7. The van der Waals surface area contributed by atoms with Gasteiger partial charge >= 0.3 is 5.92 Å². The second-order valence-electron chi connectivity index (χ2n) is 8.24. The zero-order chi connectivity index (χ0) is 21.9. The van der Waals surface area contributed by atoms with Crippen LogP contribution in [0.5, 0.6) is 5.75 Å². The van der Waals surface area contributed by atoms with Crippen molar-refractivity contribution in [3.8, 4) is 5.75 Å². The maximum Gasteiger partial charge on any atom is 0.301 e. The molecule has 1 aromatic carbocycles. The molecule has 2 N–H and O–H groups in total. The van der Waals surface area contributed by atoms with Gasteiger partial charge in [-0.3, -0.25) is 9.78 Å². The summed E-state index contributed by atoms with van der Waals surface area (Å²) in [6.45, 7) is 0.897. The summed E-state index contributed by atoms with van der Waals surface area (Å²) in [5.74, 6) is -3.91. The van der Waals surface area contributed by atoms with Gasteiger partial charge in [0.05, 0.1) is 29.1 Å². The van der Waals surface area contributed by atoms with Crippen LogP contribution in [0, 0.1) is 18.7 Å². The zero-order valence-electron chi connectivity index (χ0n) is 17.0. The van der Waals surface area contributed by atoms with Crippen LogP contribution in [0.15, 0.2) is 35.3 Å². The van der Waals surface area contributed by atoms with Crippen molar-refractivity contribution >= 4 is 28.0 Å². The van der Waals surface area contributed by atoms with E-state index < -0.39 is 29.9 Å². The molecule has 0 amide bonds. The first-order valence-electron chi connectivity index (χ1n) is 10.1. The fraction of sp³-hybridized carbons (Fsp3) is 0.364. The Hall–Kier alpha value is -3.23. The Labute approximate surface area is 176 Å². The molecule has 1 aliphatic carbocycles. The van der Waals surface area contributed by atoms with E-state index >= 15 is 0 Å². The predicted octanol–water partition coefficient (Wildman–Crippen LogP) is 4.34. The SMILES string of the molecule is Cc1cc(Nc2ccc3c(c2)c2c(c(=O)n3C)OCC(F)(F)[C@H](C3CC3)N2)c(F)cn1. The average molecular weight is 430 g/mol. The van der Waals surface area contributed by atoms with Crippen LogP contribution < -0.4 is 20.9 Å². The monoisotopic (exact) mass is 430 g/mol. The van der Waals surface area contributed by atoms with E-state index in [-0.39, 0.29) is 23.0 Å². The van der Waals surface area contributed by atoms with Gasteiger partial charge in [-0.1, -0.05) is 0 Å². The highest BCUT2D eigenvalue weighted by Crippen LogP contribution is 2.45. The van der Waals surface area contributed by atoms with Crippen molar-refractivity contribution in [1.82, 2.24) is 9.55 Å². The normalized spacial score (nSPS) is 19.8. The molecular weight excluding hydrogens is 409 g/mol. The largest absolute Gasteiger partial charge is 0.480 e. The standard InChI is InChI=1S/C22H21F3N4O2/c1-11-7-16(15(23)9-26-11)27-13-5-6-17-14(8-13)18-19(21(30)29(17)2)31-10-22(24,25)20(28-18)12-3-4-12/h5-9,12,20,28H,3-4,10H2,1-2H3,(H,26,27)/t20-/m0/s1. The maximum absolute atomic E-state index is 14.7. The number of hydrogen-bond acceptors (Lipinski definition) is 5. The number of pyridine rings is 2. The molecule has 1 aliphatic heterocycles. The van der Waals surface area contributed by atoms with Gasteiger partial charge in [-0.25, -0.2) is 13.2 Å². The molecule has 1 fully saturated rings. The van der Waals surface area contributed by atoms with Crippen molar-refractivity contribution in [3.63, 3.8) is 0 Å². The lowest BCUT2D eigenvalue weighted by molar-refractivity contribution is -0.0579. The average Bonchev–Trinajstić information content (AvgIpc) is 3.56. The second kappa shape index (κ2) is 6.90. The molecule has 2 aliphatic rings. The van der Waals surface area contributed by atoms with Gasteiger partial charge < -0.3 is 19.9 Å². The number of nitrogens with zero attached hydrogens (tertiary/aromatic N) is 2. The van der Waals surface area contributed by atoms with E-state index in [0.29, 0.717) is 35.1 Å². The van der Waals surface area contributed by atoms with E-state index in [1.54, 1.807) is 38.2 Å². The molecule has 3 heterocycles. The number of anilines is 3. The molecule has 1 saturated carbocycles. The van der Waals surface area contributed by atoms with E-state index in [1.807, 2.05) is 0 Å². The highest BCUT2D eigenvalue weighted by molar-refractivity contribution is 5.97. The molecule has 9 heteroatoms. The van der Waals surface area contributed by atoms with Crippen molar-refractivity contribution in [3.05, 3.63) is 52.3 Å². The van der Waals surface area contributed by atoms with Crippen molar-refractivity contribution in [2.45, 2.75) is 31.7 Å². The lowest BCUT2D eigenvalue weighted by atomic mass is 10.0. The molecule has 2 aromatic heterocycles. The molecule has 3 aromatic rings. The first kappa shape index (κ1) is 19.7. The summed E-state index contributed by atoms with van der Waals surface area (Å²) in [6, 6.07) is 5.56. The van der Waals surface area contributed by atoms with Crippen LogP contribution in [0.4, 0.5) is 30.2 Å². The number of halogens is 3. The molecule has 5 rings (SSSR count). The summed E-state index contributed by atoms with van der Waals surface area (Å²) >= 11 is 0. The second-order valence-corrected chi connectivity index (χ2v) is 8.24. The summed E-state index contributed by atoms with van der Waals surface area (Å²) in [7, 11) is 1.56. The minimum Gasteiger partial charge on any atom is -0.480 e. The molecule has 0 bridgehead atoms. The number of hydrogen-bond donors (Lipinski definition) is 2. The van der Waals surface area contributed by atoms with Crippen LogP contribution in [0.1, 0.15) is 18.5 Å². The molecular formula is C22H21F3N4O2. The molecule has 0 radical (unpaired) electrons. The Morgan fingerprint density at radius 3 is 2.81 bits per heavy atom. The minimum atomic E-state index is -3.11. The Bertz CT molecular complexity index is 1250. The summed E-state index contributed by atoms with van der Waals surface area (Å²) in [5, 5.41) is 6.48. The highest BCUT2D eigenvalue weighted by Gasteiger charge is 2.51. The van der Waals surface area contributed by atoms with Gasteiger partial charge in [-0.05, 0) is 49.9 Å². The number of nitrogens with one attached hydrogen (secondary N) is 2. The highest BCUT2D eigenvalue weighted by atomic mass is 19.3. The third-order valence-electron chi connectivity index (χ3n) is 5.88. The van der Waals surface area contributed by atoms with Crippen LogP contribution in [0.2, 0.25) is 0 Å². The summed E-state index contributed by atoms with van der Waals surface area (Å²) in [6.07, 6.45) is 2.55. The first-order valence-corrected chi connectivity index (χ1v) is 10.1.